The Bertz CT molecular complexity index is 605. The molecule has 2 heterocycles. The van der Waals surface area contributed by atoms with Crippen molar-refractivity contribution < 1.29 is 14.3 Å². The summed E-state index contributed by atoms with van der Waals surface area (Å²) in [5, 5.41) is 6.18. The minimum atomic E-state index is -0.192. The highest BCUT2D eigenvalue weighted by Gasteiger charge is 2.29. The van der Waals surface area contributed by atoms with Gasteiger partial charge in [-0.05, 0) is 24.0 Å². The Morgan fingerprint density at radius 2 is 2.17 bits per heavy atom. The molecular formula is C18H25N3O3. The van der Waals surface area contributed by atoms with Crippen LogP contribution in [0.3, 0.4) is 0 Å². The van der Waals surface area contributed by atoms with Gasteiger partial charge in [-0.1, -0.05) is 24.3 Å². The van der Waals surface area contributed by atoms with Crippen LogP contribution < -0.4 is 10.6 Å². The monoisotopic (exact) mass is 331 g/mol. The third kappa shape index (κ3) is 3.94. The highest BCUT2D eigenvalue weighted by molar-refractivity contribution is 5.82. The maximum atomic E-state index is 12.3. The maximum absolute atomic E-state index is 12.3. The Kier molecular flexibility index (Phi) is 5.48. The van der Waals surface area contributed by atoms with Crippen molar-refractivity contribution in [2.24, 2.45) is 0 Å². The first kappa shape index (κ1) is 16.9. The number of methoxy groups -OCH3 is 1. The molecule has 1 aromatic rings. The highest BCUT2D eigenvalue weighted by atomic mass is 16.5. The first-order chi connectivity index (χ1) is 11.7. The number of amides is 2. The molecule has 0 aliphatic carbocycles. The van der Waals surface area contributed by atoms with Gasteiger partial charge in [-0.25, -0.2) is 0 Å². The van der Waals surface area contributed by atoms with E-state index in [0.29, 0.717) is 32.5 Å². The molecule has 0 bridgehead atoms. The molecule has 2 fully saturated rings. The SMILES string of the molecule is CO[C@@H]1CN[C@H](C(=O)NCc2ccccc2CN2CCCC2=O)C1. The summed E-state index contributed by atoms with van der Waals surface area (Å²) >= 11 is 0. The number of carbonyl (C=O) groups excluding carboxylic acids is 2. The quantitative estimate of drug-likeness (QED) is 0.809. The average Bonchev–Trinajstić information content (AvgIpc) is 3.23. The third-order valence-electron chi connectivity index (χ3n) is 4.84. The van der Waals surface area contributed by atoms with Gasteiger partial charge in [0.1, 0.15) is 0 Å². The number of rotatable bonds is 6. The van der Waals surface area contributed by atoms with Crippen LogP contribution in [0.15, 0.2) is 24.3 Å². The molecule has 0 radical (unpaired) electrons. The molecule has 3 rings (SSSR count). The van der Waals surface area contributed by atoms with E-state index in [2.05, 4.69) is 10.6 Å². The summed E-state index contributed by atoms with van der Waals surface area (Å²) in [6.45, 7) is 2.64. The zero-order valence-electron chi connectivity index (χ0n) is 14.1. The molecule has 2 aliphatic rings. The van der Waals surface area contributed by atoms with E-state index < -0.39 is 0 Å². The van der Waals surface area contributed by atoms with Crippen molar-refractivity contribution in [2.75, 3.05) is 20.2 Å². The molecule has 0 spiro atoms. The van der Waals surface area contributed by atoms with Crippen LogP contribution in [-0.4, -0.2) is 49.1 Å². The zero-order valence-corrected chi connectivity index (χ0v) is 14.1. The van der Waals surface area contributed by atoms with Crippen LogP contribution in [0, 0.1) is 0 Å². The van der Waals surface area contributed by atoms with Gasteiger partial charge in [0.15, 0.2) is 0 Å². The lowest BCUT2D eigenvalue weighted by Crippen LogP contribution is -2.40. The predicted molar refractivity (Wildman–Crippen MR) is 90.1 cm³/mol. The molecule has 2 atom stereocenters. The smallest absolute Gasteiger partial charge is 0.237 e. The summed E-state index contributed by atoms with van der Waals surface area (Å²) < 4.78 is 5.28. The number of nitrogens with zero attached hydrogens (tertiary/aromatic N) is 1. The van der Waals surface area contributed by atoms with Crippen LogP contribution in [0.2, 0.25) is 0 Å². The number of benzene rings is 1. The van der Waals surface area contributed by atoms with Gasteiger partial charge in [0.25, 0.3) is 0 Å². The largest absolute Gasteiger partial charge is 0.380 e. The van der Waals surface area contributed by atoms with Crippen molar-refractivity contribution >= 4 is 11.8 Å². The number of nitrogens with one attached hydrogen (secondary N) is 2. The molecule has 0 aromatic heterocycles. The molecule has 6 heteroatoms. The molecule has 0 unspecified atom stereocenters. The van der Waals surface area contributed by atoms with E-state index in [-0.39, 0.29) is 24.0 Å². The number of likely N-dealkylation sites (tertiary alicyclic amines) is 1. The van der Waals surface area contributed by atoms with E-state index in [9.17, 15) is 9.59 Å². The molecule has 6 nitrogen and oxygen atoms in total. The van der Waals surface area contributed by atoms with Crippen molar-refractivity contribution in [1.29, 1.82) is 0 Å². The average molecular weight is 331 g/mol. The van der Waals surface area contributed by atoms with Gasteiger partial charge in [-0.2, -0.15) is 0 Å². The summed E-state index contributed by atoms with van der Waals surface area (Å²) in [5.41, 5.74) is 2.16. The minimum absolute atomic E-state index is 0.00148. The fraction of sp³-hybridized carbons (Fsp3) is 0.556. The Labute approximate surface area is 142 Å². The molecule has 2 aliphatic heterocycles. The predicted octanol–water partition coefficient (Wildman–Crippen LogP) is 0.802. The van der Waals surface area contributed by atoms with E-state index in [1.807, 2.05) is 29.2 Å². The van der Waals surface area contributed by atoms with E-state index in [4.69, 9.17) is 4.74 Å². The van der Waals surface area contributed by atoms with E-state index in [1.165, 1.54) is 0 Å². The Balaban J connectivity index is 1.57. The number of ether oxygens (including phenoxy) is 1. The van der Waals surface area contributed by atoms with Crippen LogP contribution in [0.5, 0.6) is 0 Å². The second kappa shape index (κ2) is 7.77. The molecule has 2 N–H and O–H groups in total. The number of hydrogen-bond donors (Lipinski definition) is 2. The number of carbonyl (C=O) groups is 2. The summed E-state index contributed by atoms with van der Waals surface area (Å²) in [6, 6.07) is 7.79. The molecule has 2 saturated heterocycles. The summed E-state index contributed by atoms with van der Waals surface area (Å²) in [5.74, 6) is 0.219. The maximum Gasteiger partial charge on any atom is 0.237 e. The molecule has 0 saturated carbocycles. The fourth-order valence-corrected chi connectivity index (χ4v) is 3.35. The van der Waals surface area contributed by atoms with Gasteiger partial charge >= 0.3 is 0 Å². The summed E-state index contributed by atoms with van der Waals surface area (Å²) in [6.07, 6.45) is 2.39. The Morgan fingerprint density at radius 3 is 2.83 bits per heavy atom. The lowest BCUT2D eigenvalue weighted by Gasteiger charge is -2.19. The normalized spacial score (nSPS) is 23.7. The molecular weight excluding hydrogens is 306 g/mol. The van der Waals surface area contributed by atoms with Gasteiger partial charge in [0.2, 0.25) is 11.8 Å². The van der Waals surface area contributed by atoms with Crippen molar-refractivity contribution in [3.63, 3.8) is 0 Å². The summed E-state index contributed by atoms with van der Waals surface area (Å²) in [7, 11) is 1.67. The minimum Gasteiger partial charge on any atom is -0.380 e. The van der Waals surface area contributed by atoms with Crippen molar-refractivity contribution in [3.8, 4) is 0 Å². The zero-order chi connectivity index (χ0) is 16.9. The highest BCUT2D eigenvalue weighted by Crippen LogP contribution is 2.17. The lowest BCUT2D eigenvalue weighted by atomic mass is 10.1. The molecule has 24 heavy (non-hydrogen) atoms. The first-order valence-electron chi connectivity index (χ1n) is 8.56. The van der Waals surface area contributed by atoms with Gasteiger partial charge in [-0.3, -0.25) is 9.59 Å². The topological polar surface area (TPSA) is 70.7 Å². The second-order valence-electron chi connectivity index (χ2n) is 6.46. The van der Waals surface area contributed by atoms with Crippen molar-refractivity contribution in [1.82, 2.24) is 15.5 Å². The van der Waals surface area contributed by atoms with Crippen molar-refractivity contribution in [2.45, 2.75) is 44.5 Å². The summed E-state index contributed by atoms with van der Waals surface area (Å²) in [4.78, 5) is 26.0. The van der Waals surface area contributed by atoms with Gasteiger partial charge < -0.3 is 20.3 Å². The lowest BCUT2D eigenvalue weighted by molar-refractivity contribution is -0.128. The second-order valence-corrected chi connectivity index (χ2v) is 6.46. The van der Waals surface area contributed by atoms with E-state index in [0.717, 1.165) is 24.1 Å². The van der Waals surface area contributed by atoms with Crippen LogP contribution >= 0.6 is 0 Å². The van der Waals surface area contributed by atoms with Crippen LogP contribution in [-0.2, 0) is 27.4 Å². The Hall–Kier alpha value is -1.92. The Morgan fingerprint density at radius 1 is 1.38 bits per heavy atom. The van der Waals surface area contributed by atoms with Crippen LogP contribution in [0.4, 0.5) is 0 Å². The number of hydrogen-bond acceptors (Lipinski definition) is 4. The fourth-order valence-electron chi connectivity index (χ4n) is 3.35. The third-order valence-corrected chi connectivity index (χ3v) is 4.84. The van der Waals surface area contributed by atoms with Gasteiger partial charge in [-0.15, -0.1) is 0 Å². The molecule has 2 amide bonds. The molecule has 1 aromatic carbocycles. The van der Waals surface area contributed by atoms with Gasteiger partial charge in [0.05, 0.1) is 12.1 Å². The van der Waals surface area contributed by atoms with Crippen molar-refractivity contribution in [3.05, 3.63) is 35.4 Å². The van der Waals surface area contributed by atoms with E-state index in [1.54, 1.807) is 7.11 Å². The van der Waals surface area contributed by atoms with Crippen LogP contribution in [0.1, 0.15) is 30.4 Å². The standard InChI is InChI=1S/C18H25N3O3/c1-24-15-9-16(19-11-15)18(23)20-10-13-5-2-3-6-14(13)12-21-8-4-7-17(21)22/h2-3,5-6,15-16,19H,4,7-12H2,1H3,(H,20,23)/t15-,16-/m0/s1. The first-order valence-corrected chi connectivity index (χ1v) is 8.56. The molecule has 130 valence electrons. The van der Waals surface area contributed by atoms with Gasteiger partial charge in [0, 0.05) is 39.7 Å². The van der Waals surface area contributed by atoms with Crippen LogP contribution in [0.25, 0.3) is 0 Å². The van der Waals surface area contributed by atoms with E-state index >= 15 is 0 Å².